The Kier molecular flexibility index (Phi) is 6.58. The van der Waals surface area contributed by atoms with Crippen molar-refractivity contribution in [1.82, 2.24) is 9.97 Å². The molecule has 1 aliphatic carbocycles. The molecule has 4 heteroatoms. The second kappa shape index (κ2) is 8.44. The quantitative estimate of drug-likeness (QED) is 0.836. The van der Waals surface area contributed by atoms with Crippen molar-refractivity contribution >= 4 is 0 Å². The molecule has 2 rings (SSSR count). The van der Waals surface area contributed by atoms with Gasteiger partial charge in [0.15, 0.2) is 5.82 Å². The molecule has 0 spiro atoms. The number of hydrogen-bond acceptors (Lipinski definition) is 4. The van der Waals surface area contributed by atoms with E-state index < -0.39 is 0 Å². The summed E-state index contributed by atoms with van der Waals surface area (Å²) >= 11 is 0. The summed E-state index contributed by atoms with van der Waals surface area (Å²) in [6.45, 7) is 4.87. The van der Waals surface area contributed by atoms with E-state index in [1.807, 2.05) is 19.3 Å². The van der Waals surface area contributed by atoms with Gasteiger partial charge in [-0.15, -0.1) is 0 Å². The highest BCUT2D eigenvalue weighted by Crippen LogP contribution is 2.35. The second-order valence-corrected chi connectivity index (χ2v) is 6.10. The molecular formula is C17H29N3O. The lowest BCUT2D eigenvalue weighted by Crippen LogP contribution is -2.23. The van der Waals surface area contributed by atoms with E-state index >= 15 is 0 Å². The fourth-order valence-electron chi connectivity index (χ4n) is 3.10. The van der Waals surface area contributed by atoms with E-state index in [4.69, 9.17) is 10.5 Å². The average Bonchev–Trinajstić information content (AvgIpc) is 2.54. The lowest BCUT2D eigenvalue weighted by atomic mass is 9.85. The molecule has 0 aromatic carbocycles. The molecule has 1 aliphatic rings. The molecule has 0 radical (unpaired) electrons. The Morgan fingerprint density at radius 2 is 1.86 bits per heavy atom. The Morgan fingerprint density at radius 3 is 2.43 bits per heavy atom. The van der Waals surface area contributed by atoms with Crippen molar-refractivity contribution in [2.75, 3.05) is 6.61 Å². The maximum atomic E-state index is 5.99. The minimum absolute atomic E-state index is 0.0594. The predicted molar refractivity (Wildman–Crippen MR) is 84.9 cm³/mol. The zero-order chi connectivity index (χ0) is 15.1. The van der Waals surface area contributed by atoms with Crippen LogP contribution in [0.3, 0.4) is 0 Å². The van der Waals surface area contributed by atoms with Crippen LogP contribution < -0.4 is 5.73 Å². The average molecular weight is 291 g/mol. The van der Waals surface area contributed by atoms with Crippen molar-refractivity contribution in [2.45, 2.75) is 70.9 Å². The third-order valence-electron chi connectivity index (χ3n) is 4.43. The molecule has 2 N–H and O–H groups in total. The minimum Gasteiger partial charge on any atom is -0.370 e. The maximum absolute atomic E-state index is 5.99. The van der Waals surface area contributed by atoms with Gasteiger partial charge in [-0.1, -0.05) is 26.2 Å². The Hall–Kier alpha value is -1.00. The standard InChI is InChI=1S/C17H29N3O/c1-3-15(18)10-13-11-19-17(20-12-13)16(21-4-2)14-8-6-5-7-9-14/h11-12,14-16H,3-10,18H2,1-2H3. The zero-order valence-electron chi connectivity index (χ0n) is 13.4. The molecule has 0 amide bonds. The van der Waals surface area contributed by atoms with Gasteiger partial charge in [0.2, 0.25) is 0 Å². The first-order valence-corrected chi connectivity index (χ1v) is 8.42. The van der Waals surface area contributed by atoms with E-state index in [9.17, 15) is 0 Å². The maximum Gasteiger partial charge on any atom is 0.157 e. The van der Waals surface area contributed by atoms with E-state index in [-0.39, 0.29) is 12.1 Å². The molecule has 1 aromatic rings. The van der Waals surface area contributed by atoms with E-state index in [0.717, 1.165) is 24.2 Å². The number of ether oxygens (including phenoxy) is 1. The van der Waals surface area contributed by atoms with E-state index in [2.05, 4.69) is 16.9 Å². The molecule has 1 fully saturated rings. The Morgan fingerprint density at radius 1 is 1.19 bits per heavy atom. The summed E-state index contributed by atoms with van der Waals surface area (Å²) in [5.41, 5.74) is 7.10. The topological polar surface area (TPSA) is 61.0 Å². The molecule has 2 unspecified atom stereocenters. The second-order valence-electron chi connectivity index (χ2n) is 6.10. The van der Waals surface area contributed by atoms with Crippen molar-refractivity contribution in [2.24, 2.45) is 11.7 Å². The molecule has 2 atom stereocenters. The fourth-order valence-corrected chi connectivity index (χ4v) is 3.10. The first kappa shape index (κ1) is 16.4. The van der Waals surface area contributed by atoms with Gasteiger partial charge in [0.05, 0.1) is 0 Å². The van der Waals surface area contributed by atoms with Crippen LogP contribution in [0.15, 0.2) is 12.4 Å². The SMILES string of the molecule is CCOC(c1ncc(CC(N)CC)cn1)C1CCCCC1. The van der Waals surface area contributed by atoms with Crippen LogP contribution in [0, 0.1) is 5.92 Å². The largest absolute Gasteiger partial charge is 0.370 e. The summed E-state index contributed by atoms with van der Waals surface area (Å²) < 4.78 is 5.96. The van der Waals surface area contributed by atoms with Crippen LogP contribution >= 0.6 is 0 Å². The highest BCUT2D eigenvalue weighted by molar-refractivity contribution is 5.08. The molecule has 21 heavy (non-hydrogen) atoms. The lowest BCUT2D eigenvalue weighted by Gasteiger charge is -2.29. The predicted octanol–water partition coefficient (Wildman–Crippen LogP) is 3.41. The first-order valence-electron chi connectivity index (χ1n) is 8.42. The number of nitrogens with two attached hydrogens (primary N) is 1. The number of aromatic nitrogens is 2. The van der Waals surface area contributed by atoms with Crippen LogP contribution in [-0.2, 0) is 11.2 Å². The van der Waals surface area contributed by atoms with Gasteiger partial charge in [-0.3, -0.25) is 0 Å². The molecule has 1 aromatic heterocycles. The molecule has 1 saturated carbocycles. The lowest BCUT2D eigenvalue weighted by molar-refractivity contribution is -0.000229. The third kappa shape index (κ3) is 4.75. The summed E-state index contributed by atoms with van der Waals surface area (Å²) in [4.78, 5) is 9.14. The van der Waals surface area contributed by atoms with Crippen LogP contribution in [0.25, 0.3) is 0 Å². The van der Waals surface area contributed by atoms with Crippen LogP contribution in [0.5, 0.6) is 0 Å². The van der Waals surface area contributed by atoms with Gasteiger partial charge >= 0.3 is 0 Å². The smallest absolute Gasteiger partial charge is 0.157 e. The Balaban J connectivity index is 2.05. The fraction of sp³-hybridized carbons (Fsp3) is 0.765. The van der Waals surface area contributed by atoms with Gasteiger partial charge in [0.25, 0.3) is 0 Å². The minimum atomic E-state index is 0.0594. The van der Waals surface area contributed by atoms with Gasteiger partial charge < -0.3 is 10.5 Å². The van der Waals surface area contributed by atoms with E-state index in [1.165, 1.54) is 32.1 Å². The summed E-state index contributed by atoms with van der Waals surface area (Å²) in [6, 6.07) is 0.195. The monoisotopic (exact) mass is 291 g/mol. The molecule has 0 saturated heterocycles. The highest BCUT2D eigenvalue weighted by atomic mass is 16.5. The molecule has 0 bridgehead atoms. The van der Waals surface area contributed by atoms with Gasteiger partial charge in [-0.05, 0) is 44.1 Å². The number of rotatable bonds is 7. The van der Waals surface area contributed by atoms with Crippen molar-refractivity contribution < 1.29 is 4.74 Å². The van der Waals surface area contributed by atoms with Gasteiger partial charge in [-0.2, -0.15) is 0 Å². The molecule has 4 nitrogen and oxygen atoms in total. The highest BCUT2D eigenvalue weighted by Gasteiger charge is 2.27. The Bertz CT molecular complexity index is 401. The van der Waals surface area contributed by atoms with Crippen molar-refractivity contribution in [3.8, 4) is 0 Å². The van der Waals surface area contributed by atoms with Gasteiger partial charge in [0, 0.05) is 25.0 Å². The van der Waals surface area contributed by atoms with Crippen LogP contribution in [0.4, 0.5) is 0 Å². The molecule has 0 aliphatic heterocycles. The van der Waals surface area contributed by atoms with Crippen LogP contribution in [0.2, 0.25) is 0 Å². The van der Waals surface area contributed by atoms with Crippen LogP contribution in [-0.4, -0.2) is 22.6 Å². The van der Waals surface area contributed by atoms with Gasteiger partial charge in [-0.25, -0.2) is 9.97 Å². The summed E-state index contributed by atoms with van der Waals surface area (Å²) in [5, 5.41) is 0. The summed E-state index contributed by atoms with van der Waals surface area (Å²) in [5.74, 6) is 1.42. The molecule has 1 heterocycles. The molecular weight excluding hydrogens is 262 g/mol. The van der Waals surface area contributed by atoms with Gasteiger partial charge in [0.1, 0.15) is 6.10 Å². The van der Waals surface area contributed by atoms with Crippen molar-refractivity contribution in [3.63, 3.8) is 0 Å². The van der Waals surface area contributed by atoms with Crippen molar-refractivity contribution in [3.05, 3.63) is 23.8 Å². The molecule has 118 valence electrons. The van der Waals surface area contributed by atoms with E-state index in [1.54, 1.807) is 0 Å². The Labute approximate surface area is 128 Å². The number of nitrogens with zero attached hydrogens (tertiary/aromatic N) is 2. The first-order chi connectivity index (χ1) is 10.2. The normalized spacial score (nSPS) is 19.4. The number of hydrogen-bond donors (Lipinski definition) is 1. The zero-order valence-corrected chi connectivity index (χ0v) is 13.4. The van der Waals surface area contributed by atoms with Crippen molar-refractivity contribution in [1.29, 1.82) is 0 Å². The van der Waals surface area contributed by atoms with Crippen LogP contribution in [0.1, 0.15) is 69.9 Å². The summed E-state index contributed by atoms with van der Waals surface area (Å²) in [6.07, 6.45) is 12.2. The third-order valence-corrected chi connectivity index (χ3v) is 4.43. The van der Waals surface area contributed by atoms with E-state index in [0.29, 0.717) is 12.5 Å². The summed E-state index contributed by atoms with van der Waals surface area (Å²) in [7, 11) is 0.